The molecule has 2 heterocycles. The molecule has 92 valence electrons. The Hall–Kier alpha value is -1.55. The van der Waals surface area contributed by atoms with E-state index >= 15 is 0 Å². The lowest BCUT2D eigenvalue weighted by atomic mass is 10.3. The molecule has 4 heteroatoms. The Labute approximate surface area is 101 Å². The van der Waals surface area contributed by atoms with Crippen molar-refractivity contribution in [2.45, 2.75) is 33.2 Å². The van der Waals surface area contributed by atoms with Crippen molar-refractivity contribution < 1.29 is 8.83 Å². The Morgan fingerprint density at radius 2 is 2.06 bits per heavy atom. The molecule has 2 aromatic heterocycles. The fourth-order valence-corrected chi connectivity index (χ4v) is 1.70. The molecule has 0 saturated heterocycles. The van der Waals surface area contributed by atoms with E-state index in [2.05, 4.69) is 24.1 Å². The molecule has 0 aliphatic heterocycles. The van der Waals surface area contributed by atoms with Gasteiger partial charge in [0.2, 0.25) is 5.89 Å². The van der Waals surface area contributed by atoms with Gasteiger partial charge in [-0.15, -0.1) is 0 Å². The van der Waals surface area contributed by atoms with E-state index in [-0.39, 0.29) is 6.04 Å². The molecule has 17 heavy (non-hydrogen) atoms. The van der Waals surface area contributed by atoms with Crippen molar-refractivity contribution in [2.75, 3.05) is 6.54 Å². The minimum Gasteiger partial charge on any atom is -0.458 e. The summed E-state index contributed by atoms with van der Waals surface area (Å²) >= 11 is 0. The number of oxazole rings is 1. The summed E-state index contributed by atoms with van der Waals surface area (Å²) in [5, 5.41) is 3.26. The molecule has 0 saturated carbocycles. The third kappa shape index (κ3) is 2.58. The van der Waals surface area contributed by atoms with Crippen molar-refractivity contribution >= 4 is 0 Å². The van der Waals surface area contributed by atoms with Gasteiger partial charge in [0.05, 0.1) is 12.2 Å². The first-order valence-corrected chi connectivity index (χ1v) is 6.02. The minimum atomic E-state index is 0.120. The SMILES string of the molecule is CCNC(C)c1ncc(-c2ccc(CC)o2)o1. The van der Waals surface area contributed by atoms with Gasteiger partial charge in [-0.05, 0) is 25.6 Å². The maximum Gasteiger partial charge on any atom is 0.211 e. The number of nitrogens with zero attached hydrogens (tertiary/aromatic N) is 1. The fraction of sp³-hybridized carbons (Fsp3) is 0.462. The molecule has 1 atom stereocenters. The topological polar surface area (TPSA) is 51.2 Å². The van der Waals surface area contributed by atoms with Crippen LogP contribution in [0.15, 0.2) is 27.2 Å². The van der Waals surface area contributed by atoms with Crippen LogP contribution < -0.4 is 5.32 Å². The van der Waals surface area contributed by atoms with Gasteiger partial charge >= 0.3 is 0 Å². The van der Waals surface area contributed by atoms with Gasteiger partial charge in [-0.2, -0.15) is 0 Å². The van der Waals surface area contributed by atoms with E-state index < -0.39 is 0 Å². The van der Waals surface area contributed by atoms with E-state index in [1.165, 1.54) is 0 Å². The predicted molar refractivity (Wildman–Crippen MR) is 65.7 cm³/mol. The van der Waals surface area contributed by atoms with Crippen molar-refractivity contribution in [1.29, 1.82) is 0 Å². The number of nitrogens with one attached hydrogen (secondary N) is 1. The molecule has 1 N–H and O–H groups in total. The second kappa shape index (κ2) is 5.19. The summed E-state index contributed by atoms with van der Waals surface area (Å²) in [4.78, 5) is 4.26. The van der Waals surface area contributed by atoms with Crippen LogP contribution in [-0.2, 0) is 6.42 Å². The molecule has 0 radical (unpaired) electrons. The molecule has 0 spiro atoms. The molecule has 2 aromatic rings. The highest BCUT2D eigenvalue weighted by Gasteiger charge is 2.14. The molecule has 0 bridgehead atoms. The monoisotopic (exact) mass is 234 g/mol. The van der Waals surface area contributed by atoms with Gasteiger partial charge in [0.25, 0.3) is 0 Å². The Morgan fingerprint density at radius 1 is 1.24 bits per heavy atom. The molecule has 0 aliphatic carbocycles. The van der Waals surface area contributed by atoms with Gasteiger partial charge in [-0.25, -0.2) is 4.98 Å². The van der Waals surface area contributed by atoms with Crippen molar-refractivity contribution in [3.63, 3.8) is 0 Å². The summed E-state index contributed by atoms with van der Waals surface area (Å²) in [6.45, 7) is 7.03. The Bertz CT molecular complexity index is 473. The zero-order valence-electron chi connectivity index (χ0n) is 10.5. The van der Waals surface area contributed by atoms with Crippen LogP contribution in [-0.4, -0.2) is 11.5 Å². The van der Waals surface area contributed by atoms with Crippen LogP contribution in [0.1, 0.15) is 38.5 Å². The summed E-state index contributed by atoms with van der Waals surface area (Å²) in [5.74, 6) is 3.07. The van der Waals surface area contributed by atoms with Gasteiger partial charge in [0, 0.05) is 6.42 Å². The summed E-state index contributed by atoms with van der Waals surface area (Å²) in [6, 6.07) is 4.00. The van der Waals surface area contributed by atoms with Crippen LogP contribution in [0.4, 0.5) is 0 Å². The first-order chi connectivity index (χ1) is 8.24. The number of furan rings is 1. The second-order valence-electron chi connectivity index (χ2n) is 3.96. The van der Waals surface area contributed by atoms with Crippen LogP contribution in [0, 0.1) is 0 Å². The molecule has 1 unspecified atom stereocenters. The Kier molecular flexibility index (Phi) is 3.64. The molecule has 0 aromatic carbocycles. The smallest absolute Gasteiger partial charge is 0.211 e. The quantitative estimate of drug-likeness (QED) is 0.863. The first-order valence-electron chi connectivity index (χ1n) is 6.02. The zero-order chi connectivity index (χ0) is 12.3. The average molecular weight is 234 g/mol. The third-order valence-electron chi connectivity index (χ3n) is 2.66. The number of aromatic nitrogens is 1. The van der Waals surface area contributed by atoms with Crippen LogP contribution >= 0.6 is 0 Å². The van der Waals surface area contributed by atoms with Crippen molar-refractivity contribution in [3.8, 4) is 11.5 Å². The lowest BCUT2D eigenvalue weighted by molar-refractivity contribution is 0.417. The van der Waals surface area contributed by atoms with E-state index in [4.69, 9.17) is 8.83 Å². The number of hydrogen-bond donors (Lipinski definition) is 1. The molecule has 0 amide bonds. The van der Waals surface area contributed by atoms with Gasteiger partial charge in [0.15, 0.2) is 11.5 Å². The first kappa shape index (κ1) is 11.9. The van der Waals surface area contributed by atoms with Crippen LogP contribution in [0.25, 0.3) is 11.5 Å². The molecular formula is C13H18N2O2. The van der Waals surface area contributed by atoms with Crippen molar-refractivity contribution in [3.05, 3.63) is 30.0 Å². The van der Waals surface area contributed by atoms with Crippen LogP contribution in [0.2, 0.25) is 0 Å². The van der Waals surface area contributed by atoms with Gasteiger partial charge < -0.3 is 14.2 Å². The number of hydrogen-bond acceptors (Lipinski definition) is 4. The van der Waals surface area contributed by atoms with Crippen molar-refractivity contribution in [2.24, 2.45) is 0 Å². The zero-order valence-corrected chi connectivity index (χ0v) is 10.5. The lowest BCUT2D eigenvalue weighted by Gasteiger charge is -2.06. The van der Waals surface area contributed by atoms with E-state index in [0.29, 0.717) is 11.7 Å². The molecule has 2 rings (SSSR count). The Balaban J connectivity index is 2.17. The summed E-state index contributed by atoms with van der Waals surface area (Å²) in [6.07, 6.45) is 2.59. The van der Waals surface area contributed by atoms with E-state index in [9.17, 15) is 0 Å². The molecule has 0 fully saturated rings. The molecule has 4 nitrogen and oxygen atoms in total. The van der Waals surface area contributed by atoms with Gasteiger partial charge in [0.1, 0.15) is 5.76 Å². The van der Waals surface area contributed by atoms with Crippen LogP contribution in [0.3, 0.4) is 0 Å². The molecular weight excluding hydrogens is 216 g/mol. The average Bonchev–Trinajstić information content (AvgIpc) is 2.98. The second-order valence-corrected chi connectivity index (χ2v) is 3.96. The standard InChI is InChI=1S/C13H18N2O2/c1-4-10-6-7-11(16-10)12-8-15-13(17-12)9(3)14-5-2/h6-9,14H,4-5H2,1-3H3. The maximum absolute atomic E-state index is 5.67. The third-order valence-corrected chi connectivity index (χ3v) is 2.66. The lowest BCUT2D eigenvalue weighted by Crippen LogP contribution is -2.17. The summed E-state index contributed by atoms with van der Waals surface area (Å²) in [7, 11) is 0. The fourth-order valence-electron chi connectivity index (χ4n) is 1.70. The summed E-state index contributed by atoms with van der Waals surface area (Å²) in [5.41, 5.74) is 0. The normalized spacial score (nSPS) is 12.9. The Morgan fingerprint density at radius 3 is 2.71 bits per heavy atom. The largest absolute Gasteiger partial charge is 0.458 e. The predicted octanol–water partition coefficient (Wildman–Crippen LogP) is 3.17. The van der Waals surface area contributed by atoms with Crippen molar-refractivity contribution in [1.82, 2.24) is 10.3 Å². The van der Waals surface area contributed by atoms with Gasteiger partial charge in [-0.3, -0.25) is 0 Å². The number of rotatable bonds is 5. The van der Waals surface area contributed by atoms with E-state index in [0.717, 1.165) is 24.5 Å². The van der Waals surface area contributed by atoms with E-state index in [1.807, 2.05) is 19.1 Å². The van der Waals surface area contributed by atoms with Crippen LogP contribution in [0.5, 0.6) is 0 Å². The van der Waals surface area contributed by atoms with E-state index in [1.54, 1.807) is 6.20 Å². The van der Waals surface area contributed by atoms with Gasteiger partial charge in [-0.1, -0.05) is 13.8 Å². The molecule has 0 aliphatic rings. The highest BCUT2D eigenvalue weighted by molar-refractivity contribution is 5.48. The minimum absolute atomic E-state index is 0.120. The highest BCUT2D eigenvalue weighted by atomic mass is 16.4. The summed E-state index contributed by atoms with van der Waals surface area (Å²) < 4.78 is 11.3. The number of aryl methyl sites for hydroxylation is 1. The maximum atomic E-state index is 5.67. The highest BCUT2D eigenvalue weighted by Crippen LogP contribution is 2.25.